The van der Waals surface area contributed by atoms with Gasteiger partial charge in [0, 0.05) is 41.4 Å². The number of aromatic nitrogens is 1. The van der Waals surface area contributed by atoms with Crippen molar-refractivity contribution in [2.75, 3.05) is 24.5 Å². The van der Waals surface area contributed by atoms with Gasteiger partial charge in [0.15, 0.2) is 0 Å². The van der Waals surface area contributed by atoms with Gasteiger partial charge in [-0.15, -0.1) is 0 Å². The maximum atomic E-state index is 11.7. The minimum absolute atomic E-state index is 0.0721. The summed E-state index contributed by atoms with van der Waals surface area (Å²) < 4.78 is 0. The molecule has 2 aromatic rings. The van der Waals surface area contributed by atoms with E-state index in [2.05, 4.69) is 20.9 Å². The van der Waals surface area contributed by atoms with Crippen molar-refractivity contribution < 1.29 is 4.79 Å². The molecule has 3 heterocycles. The highest BCUT2D eigenvalue weighted by atomic mass is 35.5. The summed E-state index contributed by atoms with van der Waals surface area (Å²) in [5, 5.41) is 1.84. The van der Waals surface area contributed by atoms with Crippen LogP contribution in [-0.2, 0) is 4.79 Å². The molecule has 4 rings (SSSR count). The quantitative estimate of drug-likeness (QED) is 0.916. The Morgan fingerprint density at radius 2 is 1.96 bits per heavy atom. The lowest BCUT2D eigenvalue weighted by Gasteiger charge is -2.39. The Bertz CT molecular complexity index is 788. The lowest BCUT2D eigenvalue weighted by Crippen LogP contribution is -2.50. The van der Waals surface area contributed by atoms with Crippen molar-refractivity contribution in [2.24, 2.45) is 5.73 Å². The van der Waals surface area contributed by atoms with Crippen LogP contribution in [0.4, 0.5) is 5.69 Å². The van der Waals surface area contributed by atoms with E-state index in [0.29, 0.717) is 6.04 Å². The summed E-state index contributed by atoms with van der Waals surface area (Å²) in [5.41, 5.74) is 7.74. The van der Waals surface area contributed by atoms with Crippen LogP contribution in [0.1, 0.15) is 25.7 Å². The Balaban J connectivity index is 1.51. The molecule has 1 amide bonds. The van der Waals surface area contributed by atoms with Gasteiger partial charge < -0.3 is 10.6 Å². The number of benzene rings is 1. The maximum absolute atomic E-state index is 11.7. The van der Waals surface area contributed by atoms with Crippen LogP contribution in [0.15, 0.2) is 30.5 Å². The van der Waals surface area contributed by atoms with Gasteiger partial charge in [0.2, 0.25) is 5.91 Å². The zero-order chi connectivity index (χ0) is 17.4. The van der Waals surface area contributed by atoms with Gasteiger partial charge in [0.25, 0.3) is 0 Å². The number of piperidine rings is 1. The molecule has 0 aliphatic carbocycles. The van der Waals surface area contributed by atoms with Crippen molar-refractivity contribution in [3.8, 4) is 0 Å². The maximum Gasteiger partial charge on any atom is 0.234 e. The molecule has 6 heteroatoms. The molecule has 25 heavy (non-hydrogen) atoms. The molecule has 5 nitrogen and oxygen atoms in total. The summed E-state index contributed by atoms with van der Waals surface area (Å²) in [6, 6.07) is 8.29. The highest BCUT2D eigenvalue weighted by molar-refractivity contribution is 6.31. The molecule has 1 aromatic carbocycles. The summed E-state index contributed by atoms with van der Waals surface area (Å²) in [6.07, 6.45) is 5.94. The zero-order valence-corrected chi connectivity index (χ0v) is 15.0. The molecule has 0 spiro atoms. The Kier molecular flexibility index (Phi) is 4.52. The van der Waals surface area contributed by atoms with Crippen LogP contribution >= 0.6 is 11.6 Å². The van der Waals surface area contributed by atoms with Gasteiger partial charge >= 0.3 is 0 Å². The first-order valence-electron chi connectivity index (χ1n) is 8.98. The van der Waals surface area contributed by atoms with Crippen LogP contribution in [0.2, 0.25) is 5.02 Å². The van der Waals surface area contributed by atoms with E-state index < -0.39 is 0 Å². The second-order valence-electron chi connectivity index (χ2n) is 7.01. The van der Waals surface area contributed by atoms with Crippen molar-refractivity contribution in [3.63, 3.8) is 0 Å². The molecule has 1 aromatic heterocycles. The number of halogens is 1. The van der Waals surface area contributed by atoms with Crippen LogP contribution in [-0.4, -0.2) is 47.5 Å². The summed E-state index contributed by atoms with van der Waals surface area (Å²) in [6.45, 7) is 2.93. The normalized spacial score (nSPS) is 22.6. The topological polar surface area (TPSA) is 62.5 Å². The predicted octanol–water partition coefficient (Wildman–Crippen LogP) is 2.81. The van der Waals surface area contributed by atoms with Crippen molar-refractivity contribution in [1.29, 1.82) is 0 Å². The van der Waals surface area contributed by atoms with Crippen molar-refractivity contribution >= 4 is 34.1 Å². The Labute approximate surface area is 152 Å². The van der Waals surface area contributed by atoms with Crippen LogP contribution < -0.4 is 10.6 Å². The van der Waals surface area contributed by atoms with Crippen molar-refractivity contribution in [3.05, 3.63) is 35.5 Å². The minimum atomic E-state index is -0.172. The number of hydrogen-bond acceptors (Lipinski definition) is 4. The molecule has 2 saturated heterocycles. The minimum Gasteiger partial charge on any atom is -0.371 e. The number of carbonyl (C=O) groups is 1. The number of nitrogens with two attached hydrogens (primary N) is 1. The molecule has 2 fully saturated rings. The highest BCUT2D eigenvalue weighted by Gasteiger charge is 2.35. The number of fused-ring (bicyclic) bond motifs is 1. The number of carbonyl (C=O) groups excluding carboxylic acids is 1. The van der Waals surface area contributed by atoms with Crippen LogP contribution in [0, 0.1) is 0 Å². The second kappa shape index (κ2) is 6.81. The molecule has 0 bridgehead atoms. The van der Waals surface area contributed by atoms with E-state index in [1.54, 1.807) is 0 Å². The van der Waals surface area contributed by atoms with Gasteiger partial charge in [0.1, 0.15) is 0 Å². The fraction of sp³-hybridized carbons (Fsp3) is 0.474. The first kappa shape index (κ1) is 16.6. The fourth-order valence-corrected chi connectivity index (χ4v) is 4.52. The van der Waals surface area contributed by atoms with Crippen LogP contribution in [0.25, 0.3) is 10.9 Å². The summed E-state index contributed by atoms with van der Waals surface area (Å²) in [5.74, 6) is -0.172. The van der Waals surface area contributed by atoms with E-state index in [0.717, 1.165) is 61.2 Å². The number of amides is 1. The first-order valence-corrected chi connectivity index (χ1v) is 9.35. The Hall–Kier alpha value is -1.85. The molecular formula is C19H23ClN4O. The zero-order valence-electron chi connectivity index (χ0n) is 14.2. The average molecular weight is 359 g/mol. The molecule has 2 aliphatic heterocycles. The molecule has 2 aliphatic rings. The van der Waals surface area contributed by atoms with Gasteiger partial charge in [-0.2, -0.15) is 0 Å². The van der Waals surface area contributed by atoms with Gasteiger partial charge in [-0.1, -0.05) is 11.6 Å². The van der Waals surface area contributed by atoms with E-state index in [1.807, 2.05) is 24.4 Å². The SMILES string of the molecule is NC(=O)C1CCCN1C1CCN(c2ccnc3ccc(Cl)cc23)CC1. The number of hydrogen-bond donors (Lipinski definition) is 1. The molecule has 1 atom stereocenters. The highest BCUT2D eigenvalue weighted by Crippen LogP contribution is 2.32. The number of pyridine rings is 1. The summed E-state index contributed by atoms with van der Waals surface area (Å²) in [7, 11) is 0. The van der Waals surface area contributed by atoms with Gasteiger partial charge in [-0.05, 0) is 56.5 Å². The predicted molar refractivity (Wildman–Crippen MR) is 101 cm³/mol. The monoisotopic (exact) mass is 358 g/mol. The van der Waals surface area contributed by atoms with Crippen LogP contribution in [0.5, 0.6) is 0 Å². The molecule has 1 unspecified atom stereocenters. The van der Waals surface area contributed by atoms with E-state index in [-0.39, 0.29) is 11.9 Å². The van der Waals surface area contributed by atoms with Gasteiger partial charge in [-0.3, -0.25) is 14.7 Å². The van der Waals surface area contributed by atoms with E-state index >= 15 is 0 Å². The number of primary amides is 1. The van der Waals surface area contributed by atoms with Crippen molar-refractivity contribution in [2.45, 2.75) is 37.8 Å². The van der Waals surface area contributed by atoms with Gasteiger partial charge in [-0.25, -0.2) is 0 Å². The largest absolute Gasteiger partial charge is 0.371 e. The lowest BCUT2D eigenvalue weighted by molar-refractivity contribution is -0.123. The van der Waals surface area contributed by atoms with Crippen LogP contribution in [0.3, 0.4) is 0 Å². The fourth-order valence-electron chi connectivity index (χ4n) is 4.35. The van der Waals surface area contributed by atoms with Crippen molar-refractivity contribution in [1.82, 2.24) is 9.88 Å². The second-order valence-corrected chi connectivity index (χ2v) is 7.44. The molecular weight excluding hydrogens is 336 g/mol. The van der Waals surface area contributed by atoms with E-state index in [9.17, 15) is 4.79 Å². The van der Waals surface area contributed by atoms with E-state index in [4.69, 9.17) is 17.3 Å². The molecule has 2 N–H and O–H groups in total. The summed E-state index contributed by atoms with van der Waals surface area (Å²) in [4.78, 5) is 20.9. The third kappa shape index (κ3) is 3.18. The number of likely N-dealkylation sites (tertiary alicyclic amines) is 1. The number of rotatable bonds is 3. The standard InChI is InChI=1S/C19H23ClN4O/c20-13-3-4-16-15(12-13)17(5-8-22-16)23-10-6-14(7-11-23)24-9-1-2-18(24)19(21)25/h3-5,8,12,14,18H,1-2,6-7,9-11H2,(H2,21,25). The first-order chi connectivity index (χ1) is 12.1. The number of anilines is 1. The number of nitrogens with zero attached hydrogens (tertiary/aromatic N) is 3. The summed E-state index contributed by atoms with van der Waals surface area (Å²) >= 11 is 6.19. The van der Waals surface area contributed by atoms with Gasteiger partial charge in [0.05, 0.1) is 11.6 Å². The Morgan fingerprint density at radius 3 is 2.72 bits per heavy atom. The molecule has 0 radical (unpaired) electrons. The molecule has 0 saturated carbocycles. The van der Waals surface area contributed by atoms with E-state index in [1.165, 1.54) is 5.69 Å². The third-order valence-corrected chi connectivity index (χ3v) is 5.81. The Morgan fingerprint density at radius 1 is 1.16 bits per heavy atom. The average Bonchev–Trinajstić information content (AvgIpc) is 3.11. The third-order valence-electron chi connectivity index (χ3n) is 5.58. The smallest absolute Gasteiger partial charge is 0.234 e. The lowest BCUT2D eigenvalue weighted by atomic mass is 10.0. The molecule has 132 valence electrons.